The second-order valence-corrected chi connectivity index (χ2v) is 9.35. The zero-order chi connectivity index (χ0) is 22.9. The number of benzene rings is 3. The molecule has 164 valence electrons. The molecule has 9 heteroatoms. The molecule has 1 aromatic heterocycles. The lowest BCUT2D eigenvalue weighted by Crippen LogP contribution is -2.18. The minimum atomic E-state index is -4.01. The van der Waals surface area contributed by atoms with Crippen LogP contribution in [0.2, 0.25) is 0 Å². The average Bonchev–Trinajstić information content (AvgIpc) is 3.13. The number of nitrogens with one attached hydrogen (secondary N) is 4. The maximum absolute atomic E-state index is 12.9. The van der Waals surface area contributed by atoms with Crippen LogP contribution in [0, 0.1) is 0 Å². The topological polar surface area (TPSA) is 124 Å². The zero-order valence-electron chi connectivity index (χ0n) is 17.5. The van der Waals surface area contributed by atoms with Gasteiger partial charge in [0.15, 0.2) is 0 Å². The molecule has 0 fully saturated rings. The van der Waals surface area contributed by atoms with Gasteiger partial charge in [-0.25, -0.2) is 13.2 Å². The van der Waals surface area contributed by atoms with Crippen molar-refractivity contribution < 1.29 is 13.2 Å². The van der Waals surface area contributed by atoms with E-state index in [0.29, 0.717) is 22.6 Å². The Morgan fingerprint density at radius 3 is 2.31 bits per heavy atom. The number of anilines is 2. The summed E-state index contributed by atoms with van der Waals surface area (Å²) >= 11 is 0. The number of aromatic nitrogens is 2. The minimum Gasteiger partial charge on any atom is -0.322 e. The Hall–Kier alpha value is -3.85. The first-order valence-corrected chi connectivity index (χ1v) is 11.5. The van der Waals surface area contributed by atoms with Crippen LogP contribution >= 0.6 is 0 Å². The Bertz CT molecular complexity index is 1450. The predicted molar refractivity (Wildman–Crippen MR) is 125 cm³/mol. The number of amides is 1. The number of fused-ring (bicyclic) bond motifs is 1. The van der Waals surface area contributed by atoms with Gasteiger partial charge in [0.1, 0.15) is 0 Å². The fraction of sp³-hybridized carbons (Fsp3) is 0.130. The molecule has 1 heterocycles. The molecule has 8 nitrogen and oxygen atoms in total. The van der Waals surface area contributed by atoms with Gasteiger partial charge in [0.2, 0.25) is 0 Å². The maximum atomic E-state index is 12.9. The largest absolute Gasteiger partial charge is 0.323 e. The van der Waals surface area contributed by atoms with E-state index in [-0.39, 0.29) is 16.1 Å². The molecule has 0 bridgehead atoms. The molecular weight excluding hydrogens is 428 g/mol. The Morgan fingerprint density at radius 1 is 0.906 bits per heavy atom. The van der Waals surface area contributed by atoms with Crippen LogP contribution in [0.4, 0.5) is 11.4 Å². The van der Waals surface area contributed by atoms with E-state index < -0.39 is 21.6 Å². The van der Waals surface area contributed by atoms with E-state index in [1.54, 1.807) is 18.2 Å². The second kappa shape index (κ2) is 8.35. The minimum absolute atomic E-state index is 0.0419. The van der Waals surface area contributed by atoms with Crippen LogP contribution in [-0.2, 0) is 10.0 Å². The highest BCUT2D eigenvalue weighted by atomic mass is 32.2. The number of imidazole rings is 1. The molecule has 1 amide bonds. The lowest BCUT2D eigenvalue weighted by molar-refractivity contribution is 0.102. The highest BCUT2D eigenvalue weighted by Crippen LogP contribution is 2.23. The lowest BCUT2D eigenvalue weighted by atomic mass is 10.0. The van der Waals surface area contributed by atoms with Gasteiger partial charge in [-0.3, -0.25) is 9.52 Å². The van der Waals surface area contributed by atoms with Crippen molar-refractivity contribution in [3.63, 3.8) is 0 Å². The molecule has 0 atom stereocenters. The van der Waals surface area contributed by atoms with Crippen molar-refractivity contribution >= 4 is 38.3 Å². The van der Waals surface area contributed by atoms with E-state index in [9.17, 15) is 18.0 Å². The molecule has 4 rings (SSSR count). The molecule has 0 aliphatic carbocycles. The first-order chi connectivity index (χ1) is 15.2. The van der Waals surface area contributed by atoms with E-state index in [1.807, 2.05) is 24.3 Å². The number of para-hydroxylation sites is 1. The van der Waals surface area contributed by atoms with Crippen LogP contribution in [0.15, 0.2) is 76.4 Å². The predicted octanol–water partition coefficient (Wildman–Crippen LogP) is 4.03. The van der Waals surface area contributed by atoms with Gasteiger partial charge in [0.25, 0.3) is 15.9 Å². The summed E-state index contributed by atoms with van der Waals surface area (Å²) in [7, 11) is -4.01. The summed E-state index contributed by atoms with van der Waals surface area (Å²) in [6.45, 7) is 4.17. The molecule has 3 aromatic carbocycles. The van der Waals surface area contributed by atoms with Crippen molar-refractivity contribution in [3.8, 4) is 0 Å². The van der Waals surface area contributed by atoms with Crippen molar-refractivity contribution in [1.82, 2.24) is 9.97 Å². The molecule has 32 heavy (non-hydrogen) atoms. The number of hydrogen-bond donors (Lipinski definition) is 4. The van der Waals surface area contributed by atoms with E-state index >= 15 is 0 Å². The number of rotatable bonds is 6. The highest BCUT2D eigenvalue weighted by molar-refractivity contribution is 7.92. The zero-order valence-corrected chi connectivity index (χ0v) is 18.3. The third kappa shape index (κ3) is 4.42. The number of H-pyrrole nitrogens is 2. The van der Waals surface area contributed by atoms with Crippen molar-refractivity contribution in [2.45, 2.75) is 24.7 Å². The quantitative estimate of drug-likeness (QED) is 0.354. The van der Waals surface area contributed by atoms with Crippen LogP contribution in [0.25, 0.3) is 11.0 Å². The Balaban J connectivity index is 1.59. The second-order valence-electron chi connectivity index (χ2n) is 7.67. The number of sulfonamides is 1. The summed E-state index contributed by atoms with van der Waals surface area (Å²) < 4.78 is 28.4. The van der Waals surface area contributed by atoms with E-state index in [2.05, 4.69) is 33.9 Å². The Labute approximate surface area is 184 Å². The summed E-state index contributed by atoms with van der Waals surface area (Å²) in [6.07, 6.45) is 0. The lowest BCUT2D eigenvalue weighted by Gasteiger charge is -2.13. The van der Waals surface area contributed by atoms with Crippen molar-refractivity contribution in [2.75, 3.05) is 10.0 Å². The van der Waals surface area contributed by atoms with Gasteiger partial charge in [-0.1, -0.05) is 38.1 Å². The monoisotopic (exact) mass is 450 g/mol. The Kier molecular flexibility index (Phi) is 5.58. The normalized spacial score (nSPS) is 11.6. The first kappa shape index (κ1) is 21.4. The number of carbonyl (C=O) groups excluding carboxylic acids is 1. The summed E-state index contributed by atoms with van der Waals surface area (Å²) in [5.74, 6) is -0.0655. The molecule has 4 N–H and O–H groups in total. The van der Waals surface area contributed by atoms with E-state index in [4.69, 9.17) is 0 Å². The molecule has 0 aliphatic rings. The molecule has 0 unspecified atom stereocenters. The Morgan fingerprint density at radius 2 is 1.59 bits per heavy atom. The molecule has 0 saturated carbocycles. The van der Waals surface area contributed by atoms with Crippen LogP contribution in [0.5, 0.6) is 0 Å². The standard InChI is InChI=1S/C23H22N4O4S/c1-14(2)15-7-9-16(10-8-15)24-22(28)18-5-3-4-6-19(18)27-32(30,31)17-11-12-20-21(13-17)26-23(29)25-20/h3-14,27H,1-2H3,(H,24,28)(H2,25,26,29). The number of hydrogen-bond acceptors (Lipinski definition) is 4. The van der Waals surface area contributed by atoms with Gasteiger partial charge in [-0.05, 0) is 53.9 Å². The first-order valence-electron chi connectivity index (χ1n) is 9.98. The molecule has 0 aliphatic heterocycles. The fourth-order valence-electron chi connectivity index (χ4n) is 3.30. The third-order valence-electron chi connectivity index (χ3n) is 5.05. The van der Waals surface area contributed by atoms with Gasteiger partial charge in [-0.15, -0.1) is 0 Å². The van der Waals surface area contributed by atoms with Crippen LogP contribution in [0.1, 0.15) is 35.7 Å². The summed E-state index contributed by atoms with van der Waals surface area (Å²) in [5, 5.41) is 2.80. The average molecular weight is 451 g/mol. The van der Waals surface area contributed by atoms with Gasteiger partial charge in [0, 0.05) is 5.69 Å². The van der Waals surface area contributed by atoms with Gasteiger partial charge in [-0.2, -0.15) is 0 Å². The van der Waals surface area contributed by atoms with E-state index in [1.165, 1.54) is 24.3 Å². The fourth-order valence-corrected chi connectivity index (χ4v) is 4.41. The highest BCUT2D eigenvalue weighted by Gasteiger charge is 2.19. The summed E-state index contributed by atoms with van der Waals surface area (Å²) in [5.41, 5.74) is 2.53. The van der Waals surface area contributed by atoms with Crippen LogP contribution in [0.3, 0.4) is 0 Å². The SMILES string of the molecule is CC(C)c1ccc(NC(=O)c2ccccc2NS(=O)(=O)c2ccc3[nH]c(=O)[nH]c3c2)cc1. The summed E-state index contributed by atoms with van der Waals surface area (Å²) in [4.78, 5) is 29.4. The van der Waals surface area contributed by atoms with E-state index in [0.717, 1.165) is 5.56 Å². The summed E-state index contributed by atoms with van der Waals surface area (Å²) in [6, 6.07) is 18.1. The molecule has 4 aromatic rings. The molecule has 0 radical (unpaired) electrons. The van der Waals surface area contributed by atoms with Gasteiger partial charge < -0.3 is 15.3 Å². The van der Waals surface area contributed by atoms with Crippen molar-refractivity contribution in [2.24, 2.45) is 0 Å². The van der Waals surface area contributed by atoms with Crippen LogP contribution < -0.4 is 15.7 Å². The van der Waals surface area contributed by atoms with Crippen molar-refractivity contribution in [1.29, 1.82) is 0 Å². The molecular formula is C23H22N4O4S. The third-order valence-corrected chi connectivity index (χ3v) is 6.41. The van der Waals surface area contributed by atoms with Crippen LogP contribution in [-0.4, -0.2) is 24.3 Å². The number of aromatic amines is 2. The molecule has 0 saturated heterocycles. The smallest absolute Gasteiger partial charge is 0.322 e. The van der Waals surface area contributed by atoms with Gasteiger partial charge in [0.05, 0.1) is 27.2 Å². The molecule has 0 spiro atoms. The van der Waals surface area contributed by atoms with Gasteiger partial charge >= 0.3 is 5.69 Å². The van der Waals surface area contributed by atoms with Crippen molar-refractivity contribution in [3.05, 3.63) is 88.3 Å². The number of carbonyl (C=O) groups is 1. The maximum Gasteiger partial charge on any atom is 0.323 e.